The van der Waals surface area contributed by atoms with Crippen LogP contribution < -0.4 is 5.32 Å². The van der Waals surface area contributed by atoms with Crippen LogP contribution in [0.2, 0.25) is 0 Å². The highest BCUT2D eigenvalue weighted by Crippen LogP contribution is 2.18. The van der Waals surface area contributed by atoms with Gasteiger partial charge < -0.3 is 20.1 Å². The molecule has 0 aliphatic rings. The molecule has 0 aliphatic heterocycles. The van der Waals surface area contributed by atoms with Crippen molar-refractivity contribution in [1.29, 1.82) is 0 Å². The van der Waals surface area contributed by atoms with E-state index < -0.39 is 12.1 Å². The maximum absolute atomic E-state index is 11.8. The van der Waals surface area contributed by atoms with Crippen LogP contribution in [0.1, 0.15) is 39.0 Å². The van der Waals surface area contributed by atoms with E-state index in [4.69, 9.17) is 5.11 Å². The fraction of sp³-hybridized carbons (Fsp3) is 0.500. The zero-order valence-electron chi connectivity index (χ0n) is 11.0. The lowest BCUT2D eigenvalue weighted by Crippen LogP contribution is -2.31. The van der Waals surface area contributed by atoms with E-state index in [1.807, 2.05) is 0 Å². The van der Waals surface area contributed by atoms with Gasteiger partial charge in [-0.05, 0) is 26.3 Å². The van der Waals surface area contributed by atoms with Crippen LogP contribution in [0.25, 0.3) is 0 Å². The summed E-state index contributed by atoms with van der Waals surface area (Å²) in [7, 11) is 1.29. The van der Waals surface area contributed by atoms with E-state index in [0.717, 1.165) is 0 Å². The van der Waals surface area contributed by atoms with Gasteiger partial charge in [0.25, 0.3) is 5.91 Å². The van der Waals surface area contributed by atoms with Gasteiger partial charge in [0.05, 0.1) is 18.8 Å². The molecule has 1 heterocycles. The predicted molar refractivity (Wildman–Crippen MR) is 65.6 cm³/mol. The average molecular weight is 254 g/mol. The van der Waals surface area contributed by atoms with Crippen LogP contribution in [-0.2, 0) is 4.74 Å². The van der Waals surface area contributed by atoms with E-state index in [1.54, 1.807) is 20.8 Å². The number of aliphatic hydroxyl groups excluding tert-OH is 1. The second-order valence-electron chi connectivity index (χ2n) is 4.18. The number of H-pyrrole nitrogens is 1. The summed E-state index contributed by atoms with van der Waals surface area (Å²) in [6.07, 6.45) is -0.620. The Morgan fingerprint density at radius 3 is 2.56 bits per heavy atom. The molecule has 1 atom stereocenters. The van der Waals surface area contributed by atoms with E-state index >= 15 is 0 Å². The molecular weight excluding hydrogens is 236 g/mol. The molecule has 1 unspecified atom stereocenters. The Morgan fingerprint density at radius 2 is 2.06 bits per heavy atom. The topological polar surface area (TPSA) is 91.4 Å². The Hall–Kier alpha value is -1.82. The smallest absolute Gasteiger partial charge is 0.339 e. The minimum atomic E-state index is -0.620. The van der Waals surface area contributed by atoms with Crippen molar-refractivity contribution >= 4 is 11.9 Å². The fourth-order valence-electron chi connectivity index (χ4n) is 1.71. The number of nitrogens with one attached hydrogen (secondary N) is 2. The number of methoxy groups -OCH3 is 1. The van der Waals surface area contributed by atoms with Crippen LogP contribution in [0, 0.1) is 13.8 Å². The number of hydrogen-bond acceptors (Lipinski definition) is 4. The lowest BCUT2D eigenvalue weighted by Gasteiger charge is -2.06. The maximum Gasteiger partial charge on any atom is 0.339 e. The second-order valence-corrected chi connectivity index (χ2v) is 4.18. The molecule has 0 bridgehead atoms. The van der Waals surface area contributed by atoms with Gasteiger partial charge in [-0.15, -0.1) is 0 Å². The van der Waals surface area contributed by atoms with Gasteiger partial charge in [-0.25, -0.2) is 4.79 Å². The number of aromatic nitrogens is 1. The zero-order valence-corrected chi connectivity index (χ0v) is 11.0. The van der Waals surface area contributed by atoms with Crippen molar-refractivity contribution in [2.75, 3.05) is 13.7 Å². The molecule has 6 heteroatoms. The highest BCUT2D eigenvalue weighted by atomic mass is 16.5. The first kappa shape index (κ1) is 14.2. The number of aliphatic hydroxyl groups is 1. The molecule has 1 aromatic heterocycles. The van der Waals surface area contributed by atoms with Gasteiger partial charge in [0, 0.05) is 12.2 Å². The fourth-order valence-corrected chi connectivity index (χ4v) is 1.71. The van der Waals surface area contributed by atoms with Crippen LogP contribution >= 0.6 is 0 Å². The third-order valence-electron chi connectivity index (χ3n) is 2.61. The summed E-state index contributed by atoms with van der Waals surface area (Å²) in [5.41, 5.74) is 1.82. The van der Waals surface area contributed by atoms with Crippen molar-refractivity contribution in [3.63, 3.8) is 0 Å². The second kappa shape index (κ2) is 5.68. The SMILES string of the molecule is COC(=O)c1c(C)[nH]c(C(=O)NCC(C)O)c1C. The highest BCUT2D eigenvalue weighted by molar-refractivity contribution is 6.00. The largest absolute Gasteiger partial charge is 0.465 e. The molecule has 0 saturated carbocycles. The van der Waals surface area contributed by atoms with Gasteiger partial charge in [0.2, 0.25) is 0 Å². The van der Waals surface area contributed by atoms with Crippen LogP contribution in [-0.4, -0.2) is 41.7 Å². The number of aromatic amines is 1. The zero-order chi connectivity index (χ0) is 13.9. The average Bonchev–Trinajstić information content (AvgIpc) is 2.61. The number of ether oxygens (including phenoxy) is 1. The van der Waals surface area contributed by atoms with Crippen molar-refractivity contribution in [1.82, 2.24) is 10.3 Å². The first-order chi connectivity index (χ1) is 8.38. The molecule has 0 radical (unpaired) electrons. The Balaban J connectivity index is 2.98. The van der Waals surface area contributed by atoms with E-state index in [2.05, 4.69) is 15.0 Å². The first-order valence-corrected chi connectivity index (χ1v) is 5.62. The summed E-state index contributed by atoms with van der Waals surface area (Å²) in [6.45, 7) is 5.11. The Kier molecular flexibility index (Phi) is 4.49. The summed E-state index contributed by atoms with van der Waals surface area (Å²) < 4.78 is 4.66. The molecule has 0 aromatic carbocycles. The van der Waals surface area contributed by atoms with E-state index in [0.29, 0.717) is 22.5 Å². The van der Waals surface area contributed by atoms with Crippen molar-refractivity contribution in [2.24, 2.45) is 0 Å². The minimum Gasteiger partial charge on any atom is -0.465 e. The molecule has 1 rings (SSSR count). The van der Waals surface area contributed by atoms with Crippen LogP contribution in [0.5, 0.6) is 0 Å². The summed E-state index contributed by atoms with van der Waals surface area (Å²) in [5, 5.41) is 11.7. The summed E-state index contributed by atoms with van der Waals surface area (Å²) >= 11 is 0. The summed E-state index contributed by atoms with van der Waals surface area (Å²) in [4.78, 5) is 26.2. The Bertz CT molecular complexity index is 463. The number of amides is 1. The predicted octanol–water partition coefficient (Wildman–Crippen LogP) is 0.529. The van der Waals surface area contributed by atoms with Crippen molar-refractivity contribution in [2.45, 2.75) is 26.9 Å². The molecule has 0 spiro atoms. The number of carbonyl (C=O) groups is 2. The lowest BCUT2D eigenvalue weighted by atomic mass is 10.1. The third-order valence-corrected chi connectivity index (χ3v) is 2.61. The van der Waals surface area contributed by atoms with Crippen molar-refractivity contribution < 1.29 is 19.4 Å². The molecule has 1 amide bonds. The monoisotopic (exact) mass is 254 g/mol. The van der Waals surface area contributed by atoms with Crippen LogP contribution in [0.15, 0.2) is 0 Å². The molecule has 6 nitrogen and oxygen atoms in total. The van der Waals surface area contributed by atoms with E-state index in [9.17, 15) is 9.59 Å². The maximum atomic E-state index is 11.8. The molecule has 18 heavy (non-hydrogen) atoms. The minimum absolute atomic E-state index is 0.157. The van der Waals surface area contributed by atoms with Crippen LogP contribution in [0.4, 0.5) is 0 Å². The van der Waals surface area contributed by atoms with Gasteiger partial charge in [0.15, 0.2) is 0 Å². The lowest BCUT2D eigenvalue weighted by molar-refractivity contribution is 0.0599. The first-order valence-electron chi connectivity index (χ1n) is 5.62. The molecule has 1 aromatic rings. The van der Waals surface area contributed by atoms with Gasteiger partial charge >= 0.3 is 5.97 Å². The number of esters is 1. The number of rotatable bonds is 4. The third kappa shape index (κ3) is 2.89. The number of hydrogen-bond donors (Lipinski definition) is 3. The normalized spacial score (nSPS) is 12.1. The van der Waals surface area contributed by atoms with Gasteiger partial charge in [0.1, 0.15) is 5.69 Å². The quantitative estimate of drug-likeness (QED) is 0.683. The van der Waals surface area contributed by atoms with Gasteiger partial charge in [-0.1, -0.05) is 0 Å². The Morgan fingerprint density at radius 1 is 1.44 bits per heavy atom. The molecular formula is C12H18N2O4. The number of carbonyl (C=O) groups excluding carboxylic acids is 2. The summed E-state index contributed by atoms with van der Waals surface area (Å²) in [5.74, 6) is -0.831. The van der Waals surface area contributed by atoms with Crippen molar-refractivity contribution in [3.05, 3.63) is 22.5 Å². The van der Waals surface area contributed by atoms with Crippen LogP contribution in [0.3, 0.4) is 0 Å². The van der Waals surface area contributed by atoms with Gasteiger partial charge in [-0.2, -0.15) is 0 Å². The molecule has 3 N–H and O–H groups in total. The molecule has 0 saturated heterocycles. The molecule has 0 fully saturated rings. The number of aryl methyl sites for hydroxylation is 1. The van der Waals surface area contributed by atoms with E-state index in [1.165, 1.54) is 7.11 Å². The van der Waals surface area contributed by atoms with Gasteiger partial charge in [-0.3, -0.25) is 4.79 Å². The van der Waals surface area contributed by atoms with Crippen molar-refractivity contribution in [3.8, 4) is 0 Å². The van der Waals surface area contributed by atoms with E-state index in [-0.39, 0.29) is 12.5 Å². The molecule has 0 aliphatic carbocycles. The molecule has 100 valence electrons. The highest BCUT2D eigenvalue weighted by Gasteiger charge is 2.22. The standard InChI is InChI=1S/C12H18N2O4/c1-6(15)5-13-11(16)10-7(2)9(8(3)14-10)12(17)18-4/h6,14-15H,5H2,1-4H3,(H,13,16). The summed E-state index contributed by atoms with van der Waals surface area (Å²) in [6, 6.07) is 0. The Labute approximate surface area is 105 Å².